The van der Waals surface area contributed by atoms with Gasteiger partial charge in [-0.2, -0.15) is 0 Å². The average molecular weight is 469 g/mol. The van der Waals surface area contributed by atoms with Crippen molar-refractivity contribution in [1.82, 2.24) is 0 Å². The molecule has 8 atom stereocenters. The van der Waals surface area contributed by atoms with Crippen molar-refractivity contribution in [2.24, 2.45) is 34.0 Å². The lowest BCUT2D eigenvalue weighted by Gasteiger charge is -2.65. The molecular formula is C24H30Cl2O5. The molecule has 7 heteroatoms. The number of ether oxygens (including phenoxy) is 1. The van der Waals surface area contributed by atoms with Crippen LogP contribution in [-0.4, -0.2) is 39.7 Å². The summed E-state index contributed by atoms with van der Waals surface area (Å²) in [5.74, 6) is -0.933. The molecule has 0 heterocycles. The molecule has 3 fully saturated rings. The van der Waals surface area contributed by atoms with Crippen LogP contribution in [0.4, 0.5) is 0 Å². The van der Waals surface area contributed by atoms with Crippen molar-refractivity contribution in [2.75, 3.05) is 0 Å². The summed E-state index contributed by atoms with van der Waals surface area (Å²) in [6.07, 6.45) is 7.83. The molecule has 3 saturated carbocycles. The number of hydrogen-bond acceptors (Lipinski definition) is 5. The number of esters is 1. The lowest BCUT2D eigenvalue weighted by atomic mass is 9.40. The van der Waals surface area contributed by atoms with E-state index in [4.69, 9.17) is 27.9 Å². The second-order valence-electron chi connectivity index (χ2n) is 10.5. The third-order valence-electron chi connectivity index (χ3n) is 9.65. The predicted molar refractivity (Wildman–Crippen MR) is 118 cm³/mol. The molecule has 0 saturated heterocycles. The van der Waals surface area contributed by atoms with Crippen LogP contribution < -0.4 is 0 Å². The third kappa shape index (κ3) is 2.75. The molecule has 0 radical (unpaired) electrons. The lowest BCUT2D eigenvalue weighted by Crippen LogP contribution is -2.66. The SMILES string of the molecule is C[C@@H]1CC2C3CCC4=CC(=O)C=CC4(C)[C@@]3(C)C(O)CC2(C)[C@]1(C=O)OC(=O)C(Cl)Cl. The van der Waals surface area contributed by atoms with Gasteiger partial charge in [-0.25, -0.2) is 4.79 Å². The largest absolute Gasteiger partial charge is 0.448 e. The number of aliphatic hydroxyl groups is 1. The maximum absolute atomic E-state index is 12.5. The Morgan fingerprint density at radius 1 is 1.29 bits per heavy atom. The van der Waals surface area contributed by atoms with Gasteiger partial charge in [-0.3, -0.25) is 9.59 Å². The minimum Gasteiger partial charge on any atom is -0.448 e. The van der Waals surface area contributed by atoms with Crippen molar-refractivity contribution in [3.05, 3.63) is 23.8 Å². The van der Waals surface area contributed by atoms with Gasteiger partial charge in [0.2, 0.25) is 4.84 Å². The van der Waals surface area contributed by atoms with Gasteiger partial charge < -0.3 is 9.84 Å². The molecule has 0 aliphatic heterocycles. The fourth-order valence-corrected chi connectivity index (χ4v) is 7.78. The number of hydrogen-bond donors (Lipinski definition) is 1. The van der Waals surface area contributed by atoms with E-state index in [-0.39, 0.29) is 23.5 Å². The van der Waals surface area contributed by atoms with Gasteiger partial charge in [-0.05, 0) is 49.7 Å². The number of rotatable bonds is 3. The van der Waals surface area contributed by atoms with Gasteiger partial charge in [-0.1, -0.05) is 62.5 Å². The summed E-state index contributed by atoms with van der Waals surface area (Å²) in [4.78, 5) is 35.5. The van der Waals surface area contributed by atoms with Gasteiger partial charge in [0.05, 0.1) is 6.10 Å². The molecule has 4 aliphatic rings. The number of alkyl halides is 2. The monoisotopic (exact) mass is 468 g/mol. The zero-order chi connectivity index (χ0) is 23.0. The van der Waals surface area contributed by atoms with Crippen LogP contribution in [0.25, 0.3) is 0 Å². The topological polar surface area (TPSA) is 80.7 Å². The fraction of sp³-hybridized carbons (Fsp3) is 0.708. The van der Waals surface area contributed by atoms with Crippen LogP contribution in [-0.2, 0) is 19.1 Å². The zero-order valence-corrected chi connectivity index (χ0v) is 19.9. The molecule has 0 amide bonds. The highest BCUT2D eigenvalue weighted by Gasteiger charge is 2.73. The van der Waals surface area contributed by atoms with E-state index >= 15 is 0 Å². The minimum absolute atomic E-state index is 0.0114. The molecular weight excluding hydrogens is 439 g/mol. The van der Waals surface area contributed by atoms with Gasteiger partial charge in [0.15, 0.2) is 17.7 Å². The van der Waals surface area contributed by atoms with Crippen molar-refractivity contribution in [1.29, 1.82) is 0 Å². The second-order valence-corrected chi connectivity index (χ2v) is 11.6. The van der Waals surface area contributed by atoms with E-state index in [1.54, 1.807) is 12.2 Å². The van der Waals surface area contributed by atoms with Crippen molar-refractivity contribution in [3.8, 4) is 0 Å². The number of aldehydes is 1. The Bertz CT molecular complexity index is 896. The van der Waals surface area contributed by atoms with Gasteiger partial charge in [0.25, 0.3) is 0 Å². The van der Waals surface area contributed by atoms with Crippen LogP contribution in [0.3, 0.4) is 0 Å². The Labute approximate surface area is 193 Å². The molecule has 0 aromatic carbocycles. The first-order valence-electron chi connectivity index (χ1n) is 11.0. The Morgan fingerprint density at radius 3 is 2.58 bits per heavy atom. The molecule has 4 rings (SSSR count). The summed E-state index contributed by atoms with van der Waals surface area (Å²) < 4.78 is 5.75. The maximum atomic E-state index is 12.5. The number of carbonyl (C=O) groups excluding carboxylic acids is 3. The van der Waals surface area contributed by atoms with Gasteiger partial charge in [-0.15, -0.1) is 0 Å². The van der Waals surface area contributed by atoms with Crippen LogP contribution in [0.1, 0.15) is 53.4 Å². The van der Waals surface area contributed by atoms with Crippen LogP contribution in [0.2, 0.25) is 0 Å². The Hall–Kier alpha value is -1.17. The molecule has 31 heavy (non-hydrogen) atoms. The van der Waals surface area contributed by atoms with E-state index in [1.807, 2.05) is 19.9 Å². The molecule has 5 unspecified atom stereocenters. The van der Waals surface area contributed by atoms with E-state index in [1.165, 1.54) is 0 Å². The summed E-state index contributed by atoms with van der Waals surface area (Å²) in [5, 5.41) is 11.6. The van der Waals surface area contributed by atoms with Crippen molar-refractivity contribution >= 4 is 41.2 Å². The van der Waals surface area contributed by atoms with Crippen LogP contribution in [0.5, 0.6) is 0 Å². The number of fused-ring (bicyclic) bond motifs is 5. The summed E-state index contributed by atoms with van der Waals surface area (Å²) >= 11 is 11.5. The predicted octanol–water partition coefficient (Wildman–Crippen LogP) is 4.19. The number of carbonyl (C=O) groups is 3. The highest BCUT2D eigenvalue weighted by Crippen LogP contribution is 2.72. The summed E-state index contributed by atoms with van der Waals surface area (Å²) in [7, 11) is 0. The molecule has 0 spiro atoms. The summed E-state index contributed by atoms with van der Waals surface area (Å²) in [6, 6.07) is 0. The molecule has 4 aliphatic carbocycles. The first-order valence-corrected chi connectivity index (χ1v) is 11.8. The van der Waals surface area contributed by atoms with Crippen LogP contribution in [0.15, 0.2) is 23.8 Å². The van der Waals surface area contributed by atoms with E-state index in [0.717, 1.165) is 24.7 Å². The van der Waals surface area contributed by atoms with E-state index in [2.05, 4.69) is 13.8 Å². The van der Waals surface area contributed by atoms with E-state index < -0.39 is 38.8 Å². The quantitative estimate of drug-likeness (QED) is 0.381. The standard InChI is InChI=1S/C24H30Cl2O5/c1-13-9-17-16-6-5-14-10-15(28)7-8-21(14,2)23(16,4)18(29)11-22(17,3)24(13,12-27)31-20(30)19(25)26/h7-8,10,12-13,16-19,29H,5-6,9,11H2,1-4H3/t13-,16?,17?,18?,21?,22?,23-,24-/m1/s1. The van der Waals surface area contributed by atoms with Crippen LogP contribution >= 0.6 is 23.2 Å². The van der Waals surface area contributed by atoms with Crippen molar-refractivity contribution < 1.29 is 24.2 Å². The third-order valence-corrected chi connectivity index (χ3v) is 10.0. The number of halogens is 2. The Balaban J connectivity index is 1.81. The van der Waals surface area contributed by atoms with Crippen molar-refractivity contribution in [2.45, 2.75) is 69.9 Å². The highest BCUT2D eigenvalue weighted by atomic mass is 35.5. The lowest BCUT2D eigenvalue weighted by molar-refractivity contribution is -0.215. The Morgan fingerprint density at radius 2 is 1.97 bits per heavy atom. The average Bonchev–Trinajstić information content (AvgIpc) is 2.91. The smallest absolute Gasteiger partial charge is 0.340 e. The minimum atomic E-state index is -1.39. The first kappa shape index (κ1) is 23.0. The normalized spacial score (nSPS) is 48.5. The first-order chi connectivity index (χ1) is 14.4. The summed E-state index contributed by atoms with van der Waals surface area (Å²) in [6.45, 7) is 8.09. The molecule has 0 aromatic heterocycles. The second kappa shape index (κ2) is 7.16. The number of aliphatic hydroxyl groups excluding tert-OH is 1. The highest BCUT2D eigenvalue weighted by molar-refractivity contribution is 6.53. The zero-order valence-electron chi connectivity index (χ0n) is 18.4. The number of ketones is 1. The van der Waals surface area contributed by atoms with Gasteiger partial charge >= 0.3 is 5.97 Å². The molecule has 0 aromatic rings. The summed E-state index contributed by atoms with van der Waals surface area (Å²) in [5.41, 5.74) is -2.04. The van der Waals surface area contributed by atoms with Gasteiger partial charge in [0.1, 0.15) is 0 Å². The molecule has 5 nitrogen and oxygen atoms in total. The molecule has 170 valence electrons. The number of allylic oxidation sites excluding steroid dienone is 4. The Kier molecular flexibility index (Phi) is 5.32. The van der Waals surface area contributed by atoms with E-state index in [9.17, 15) is 19.5 Å². The van der Waals surface area contributed by atoms with Crippen LogP contribution in [0, 0.1) is 34.0 Å². The molecule has 0 bridgehead atoms. The fourth-order valence-electron chi connectivity index (χ4n) is 7.70. The maximum Gasteiger partial charge on any atom is 0.340 e. The molecule has 1 N–H and O–H groups in total. The van der Waals surface area contributed by atoms with Gasteiger partial charge in [0, 0.05) is 22.2 Å². The van der Waals surface area contributed by atoms with E-state index in [0.29, 0.717) is 12.8 Å². The van der Waals surface area contributed by atoms with Crippen molar-refractivity contribution in [3.63, 3.8) is 0 Å².